The predicted octanol–water partition coefficient (Wildman–Crippen LogP) is 5.56. The monoisotopic (exact) mass is 486 g/mol. The lowest BCUT2D eigenvalue weighted by Gasteiger charge is -2.26. The van der Waals surface area contributed by atoms with Gasteiger partial charge in [-0.15, -0.1) is 0 Å². The number of hydrogen-bond acceptors (Lipinski definition) is 4. The number of carbonyl (C=O) groups excluding carboxylic acids is 2. The Morgan fingerprint density at radius 3 is 2.31 bits per heavy atom. The summed E-state index contributed by atoms with van der Waals surface area (Å²) in [5.41, 5.74) is 3.94. The summed E-state index contributed by atoms with van der Waals surface area (Å²) in [6.45, 7) is 3.78. The lowest BCUT2D eigenvalue weighted by Crippen LogP contribution is -2.29. The van der Waals surface area contributed by atoms with Gasteiger partial charge in [0.2, 0.25) is 0 Å². The minimum atomic E-state index is -0.798. The number of halogens is 1. The highest BCUT2D eigenvalue weighted by molar-refractivity contribution is 9.10. The molecule has 0 aromatic heterocycles. The second-order valence-corrected chi connectivity index (χ2v) is 8.50. The summed E-state index contributed by atoms with van der Waals surface area (Å²) in [5.74, 6) is -1.69. The summed E-state index contributed by atoms with van der Waals surface area (Å²) < 4.78 is 0.877. The molecular formula is C26H19BrN2O3. The van der Waals surface area contributed by atoms with Gasteiger partial charge in [-0.2, -0.15) is 5.26 Å². The summed E-state index contributed by atoms with van der Waals surface area (Å²) >= 11 is 3.44. The van der Waals surface area contributed by atoms with Crippen LogP contribution in [-0.4, -0.2) is 16.8 Å². The first kappa shape index (κ1) is 21.5. The maximum atomic E-state index is 13.2. The largest absolute Gasteiger partial charge is 0.507 e. The number of aliphatic hydroxyl groups is 1. The molecule has 1 aliphatic rings. The van der Waals surface area contributed by atoms with Crippen LogP contribution in [0.1, 0.15) is 33.9 Å². The third-order valence-corrected chi connectivity index (χ3v) is 6.52. The molecule has 0 aliphatic carbocycles. The van der Waals surface area contributed by atoms with Crippen molar-refractivity contribution in [1.29, 1.82) is 5.26 Å². The molecule has 3 aromatic rings. The molecular weight excluding hydrogens is 468 g/mol. The Hall–Kier alpha value is -3.69. The van der Waals surface area contributed by atoms with Crippen molar-refractivity contribution in [2.75, 3.05) is 4.90 Å². The Morgan fingerprint density at radius 2 is 1.69 bits per heavy atom. The summed E-state index contributed by atoms with van der Waals surface area (Å²) in [6, 6.07) is 20.5. The molecule has 0 saturated carbocycles. The van der Waals surface area contributed by atoms with E-state index >= 15 is 0 Å². The molecule has 4 rings (SSSR count). The van der Waals surface area contributed by atoms with Gasteiger partial charge < -0.3 is 5.11 Å². The van der Waals surface area contributed by atoms with Gasteiger partial charge in [-0.05, 0) is 66.9 Å². The highest BCUT2D eigenvalue weighted by Gasteiger charge is 2.47. The van der Waals surface area contributed by atoms with E-state index in [0.29, 0.717) is 16.8 Å². The summed E-state index contributed by atoms with van der Waals surface area (Å²) in [5, 5.41) is 20.3. The number of amides is 1. The van der Waals surface area contributed by atoms with Gasteiger partial charge >= 0.3 is 0 Å². The topological polar surface area (TPSA) is 81.4 Å². The molecule has 0 bridgehead atoms. The van der Waals surface area contributed by atoms with Crippen molar-refractivity contribution >= 4 is 39.1 Å². The van der Waals surface area contributed by atoms with E-state index in [-0.39, 0.29) is 11.3 Å². The fourth-order valence-electron chi connectivity index (χ4n) is 3.93. The first-order valence-electron chi connectivity index (χ1n) is 9.96. The van der Waals surface area contributed by atoms with E-state index in [1.165, 1.54) is 4.90 Å². The van der Waals surface area contributed by atoms with Crippen LogP contribution in [0, 0.1) is 25.2 Å². The highest BCUT2D eigenvalue weighted by Crippen LogP contribution is 2.43. The number of carbonyl (C=O) groups is 2. The molecule has 0 spiro atoms. The minimum absolute atomic E-state index is 0.0374. The van der Waals surface area contributed by atoms with E-state index in [9.17, 15) is 14.7 Å². The van der Waals surface area contributed by atoms with Crippen LogP contribution in [0.15, 0.2) is 76.8 Å². The maximum absolute atomic E-state index is 13.2. The predicted molar refractivity (Wildman–Crippen MR) is 126 cm³/mol. The lowest BCUT2D eigenvalue weighted by atomic mass is 9.92. The SMILES string of the molecule is Cc1cc(/C(O)=C2\C(=O)C(=O)N(c3ccc(C#N)cc3)C2c2ccccc2C)ccc1Br. The summed E-state index contributed by atoms with van der Waals surface area (Å²) in [6.07, 6.45) is 0. The molecule has 1 unspecified atom stereocenters. The number of nitrogens with zero attached hydrogens (tertiary/aromatic N) is 2. The molecule has 1 saturated heterocycles. The van der Waals surface area contributed by atoms with Crippen molar-refractivity contribution in [2.45, 2.75) is 19.9 Å². The summed E-state index contributed by atoms with van der Waals surface area (Å²) in [4.78, 5) is 27.8. The Kier molecular flexibility index (Phi) is 5.68. The third kappa shape index (κ3) is 3.61. The molecule has 1 heterocycles. The van der Waals surface area contributed by atoms with Crippen LogP contribution in [0.4, 0.5) is 5.69 Å². The molecule has 1 aliphatic heterocycles. The van der Waals surface area contributed by atoms with E-state index in [1.807, 2.05) is 38.1 Å². The van der Waals surface area contributed by atoms with Crippen LogP contribution < -0.4 is 4.90 Å². The van der Waals surface area contributed by atoms with Gasteiger partial charge in [0.25, 0.3) is 11.7 Å². The first-order chi connectivity index (χ1) is 15.3. The van der Waals surface area contributed by atoms with Crippen LogP contribution in [0.5, 0.6) is 0 Å². The Bertz CT molecular complexity index is 1320. The number of aryl methyl sites for hydroxylation is 2. The molecule has 6 heteroatoms. The fourth-order valence-corrected chi connectivity index (χ4v) is 4.18. The number of anilines is 1. The zero-order valence-corrected chi connectivity index (χ0v) is 19.1. The van der Waals surface area contributed by atoms with E-state index in [0.717, 1.165) is 21.2 Å². The fraction of sp³-hybridized carbons (Fsp3) is 0.115. The number of Topliss-reactive ketones (excluding diaryl/α,β-unsaturated/α-hetero) is 1. The second-order valence-electron chi connectivity index (χ2n) is 7.65. The zero-order valence-electron chi connectivity index (χ0n) is 17.5. The van der Waals surface area contributed by atoms with Crippen molar-refractivity contribution in [3.05, 3.63) is 105 Å². The number of benzene rings is 3. The smallest absolute Gasteiger partial charge is 0.300 e. The van der Waals surface area contributed by atoms with Gasteiger partial charge in [-0.3, -0.25) is 14.5 Å². The molecule has 1 N–H and O–H groups in total. The molecule has 3 aromatic carbocycles. The molecule has 32 heavy (non-hydrogen) atoms. The number of rotatable bonds is 3. The van der Waals surface area contributed by atoms with Gasteiger partial charge in [0.15, 0.2) is 0 Å². The number of hydrogen-bond donors (Lipinski definition) is 1. The van der Waals surface area contributed by atoms with Crippen molar-refractivity contribution < 1.29 is 14.7 Å². The van der Waals surface area contributed by atoms with Crippen molar-refractivity contribution in [3.8, 4) is 6.07 Å². The van der Waals surface area contributed by atoms with Crippen LogP contribution in [-0.2, 0) is 9.59 Å². The van der Waals surface area contributed by atoms with Crippen molar-refractivity contribution in [3.63, 3.8) is 0 Å². The summed E-state index contributed by atoms with van der Waals surface area (Å²) in [7, 11) is 0. The molecule has 1 fully saturated rings. The van der Waals surface area contributed by atoms with E-state index < -0.39 is 17.7 Å². The number of ketones is 1. The van der Waals surface area contributed by atoms with E-state index in [1.54, 1.807) is 42.5 Å². The normalized spacial score (nSPS) is 17.4. The Balaban J connectivity index is 1.97. The molecule has 1 amide bonds. The average Bonchev–Trinajstić information content (AvgIpc) is 3.06. The number of aliphatic hydroxyl groups excluding tert-OH is 1. The molecule has 0 radical (unpaired) electrons. The van der Waals surface area contributed by atoms with Gasteiger partial charge in [0.05, 0.1) is 23.2 Å². The first-order valence-corrected chi connectivity index (χ1v) is 10.8. The average molecular weight is 487 g/mol. The minimum Gasteiger partial charge on any atom is -0.507 e. The molecule has 158 valence electrons. The van der Waals surface area contributed by atoms with Crippen LogP contribution in [0.25, 0.3) is 5.76 Å². The van der Waals surface area contributed by atoms with Gasteiger partial charge in [0.1, 0.15) is 5.76 Å². The Labute approximate surface area is 194 Å². The zero-order chi connectivity index (χ0) is 23.0. The Morgan fingerprint density at radius 1 is 1.00 bits per heavy atom. The second kappa shape index (κ2) is 8.45. The number of nitriles is 1. The maximum Gasteiger partial charge on any atom is 0.300 e. The van der Waals surface area contributed by atoms with Crippen LogP contribution in [0.2, 0.25) is 0 Å². The van der Waals surface area contributed by atoms with E-state index in [4.69, 9.17) is 5.26 Å². The quantitative estimate of drug-likeness (QED) is 0.298. The van der Waals surface area contributed by atoms with Crippen molar-refractivity contribution in [2.24, 2.45) is 0 Å². The molecule has 1 atom stereocenters. The van der Waals surface area contributed by atoms with Crippen LogP contribution >= 0.6 is 15.9 Å². The standard InChI is InChI=1S/C26H19BrN2O3/c1-15-5-3-4-6-20(15)23-22(24(30)18-9-12-21(27)16(2)13-18)25(31)26(32)29(23)19-10-7-17(14-28)8-11-19/h3-13,23,30H,1-2H3/b24-22+. The lowest BCUT2D eigenvalue weighted by molar-refractivity contribution is -0.132. The van der Waals surface area contributed by atoms with Crippen LogP contribution in [0.3, 0.4) is 0 Å². The van der Waals surface area contributed by atoms with Gasteiger partial charge in [-0.1, -0.05) is 46.3 Å². The third-order valence-electron chi connectivity index (χ3n) is 5.63. The van der Waals surface area contributed by atoms with E-state index in [2.05, 4.69) is 22.0 Å². The van der Waals surface area contributed by atoms with Gasteiger partial charge in [0, 0.05) is 15.7 Å². The van der Waals surface area contributed by atoms with Crippen molar-refractivity contribution in [1.82, 2.24) is 0 Å². The molecule has 5 nitrogen and oxygen atoms in total. The highest BCUT2D eigenvalue weighted by atomic mass is 79.9. The van der Waals surface area contributed by atoms with Gasteiger partial charge in [-0.25, -0.2) is 0 Å².